The van der Waals surface area contributed by atoms with Crippen LogP contribution in [0.15, 0.2) is 70.2 Å². The molecule has 0 bridgehead atoms. The van der Waals surface area contributed by atoms with Crippen LogP contribution in [0.3, 0.4) is 0 Å². The van der Waals surface area contributed by atoms with E-state index in [9.17, 15) is 13.2 Å². The smallest absolute Gasteiger partial charge is 0.260 e. The lowest BCUT2D eigenvalue weighted by atomic mass is 10.2. The fourth-order valence-electron chi connectivity index (χ4n) is 4.28. The van der Waals surface area contributed by atoms with Gasteiger partial charge in [-0.3, -0.25) is 9.69 Å². The van der Waals surface area contributed by atoms with Crippen molar-refractivity contribution in [2.24, 2.45) is 0 Å². The minimum Gasteiger partial charge on any atom is -0.497 e. The van der Waals surface area contributed by atoms with Crippen molar-refractivity contribution in [2.45, 2.75) is 37.1 Å². The second kappa shape index (κ2) is 10.4. The molecule has 2 aromatic heterocycles. The maximum Gasteiger partial charge on any atom is 0.260 e. The van der Waals surface area contributed by atoms with Gasteiger partial charge in [0, 0.05) is 18.7 Å². The summed E-state index contributed by atoms with van der Waals surface area (Å²) < 4.78 is 39.5. The largest absolute Gasteiger partial charge is 0.497 e. The molecule has 3 heterocycles. The molecule has 8 nitrogen and oxygen atoms in total. The number of furan rings is 1. The van der Waals surface area contributed by atoms with Gasteiger partial charge in [0.05, 0.1) is 35.0 Å². The summed E-state index contributed by atoms with van der Waals surface area (Å²) in [7, 11) is -1.99. The average Bonchev–Trinajstić information content (AvgIpc) is 3.48. The molecule has 2 aromatic carbocycles. The number of methoxy groups -OCH3 is 1. The van der Waals surface area contributed by atoms with Crippen molar-refractivity contribution in [1.29, 1.82) is 0 Å². The summed E-state index contributed by atoms with van der Waals surface area (Å²) in [6.45, 7) is 1.25. The molecule has 0 radical (unpaired) electrons. The summed E-state index contributed by atoms with van der Waals surface area (Å²) in [5.41, 5.74) is 1.13. The van der Waals surface area contributed by atoms with Gasteiger partial charge in [0.15, 0.2) is 5.13 Å². The number of ether oxygens (including phenoxy) is 1. The Morgan fingerprint density at radius 2 is 1.83 bits per heavy atom. The molecule has 0 saturated carbocycles. The SMILES string of the molecule is COc1ccc2nc(N(Cc3ccco3)C(=O)c3ccc(S(=O)(=O)N4CCCCCC4)cc3)sc2c1. The molecule has 1 saturated heterocycles. The lowest BCUT2D eigenvalue weighted by molar-refractivity contribution is 0.0983. The third-order valence-corrected chi connectivity index (χ3v) is 9.21. The van der Waals surface area contributed by atoms with Crippen LogP contribution in [-0.4, -0.2) is 43.8 Å². The zero-order chi connectivity index (χ0) is 25.1. The molecule has 1 amide bonds. The predicted octanol–water partition coefficient (Wildman–Crippen LogP) is 5.31. The molecule has 0 spiro atoms. The van der Waals surface area contributed by atoms with Gasteiger partial charge in [0.25, 0.3) is 5.91 Å². The quantitative estimate of drug-likeness (QED) is 0.325. The average molecular weight is 526 g/mol. The molecule has 1 fully saturated rings. The van der Waals surface area contributed by atoms with Crippen LogP contribution in [-0.2, 0) is 16.6 Å². The summed E-state index contributed by atoms with van der Waals surface area (Å²) in [6, 6.07) is 15.3. The van der Waals surface area contributed by atoms with Gasteiger partial charge in [-0.1, -0.05) is 24.2 Å². The molecule has 0 aliphatic carbocycles. The zero-order valence-corrected chi connectivity index (χ0v) is 21.6. The van der Waals surface area contributed by atoms with Crippen LogP contribution >= 0.6 is 11.3 Å². The Kier molecular flexibility index (Phi) is 7.08. The Morgan fingerprint density at radius 3 is 2.50 bits per heavy atom. The van der Waals surface area contributed by atoms with Crippen LogP contribution in [0, 0.1) is 0 Å². The highest BCUT2D eigenvalue weighted by Crippen LogP contribution is 2.33. The van der Waals surface area contributed by atoms with Crippen molar-refractivity contribution in [1.82, 2.24) is 9.29 Å². The summed E-state index contributed by atoms with van der Waals surface area (Å²) >= 11 is 1.38. The minimum absolute atomic E-state index is 0.191. The second-order valence-corrected chi connectivity index (χ2v) is 11.6. The number of rotatable bonds is 7. The first-order valence-electron chi connectivity index (χ1n) is 11.8. The van der Waals surface area contributed by atoms with Gasteiger partial charge in [0.1, 0.15) is 11.5 Å². The fraction of sp³-hybridized carbons (Fsp3) is 0.308. The van der Waals surface area contributed by atoms with E-state index < -0.39 is 10.0 Å². The van der Waals surface area contributed by atoms with E-state index >= 15 is 0 Å². The molecular formula is C26H27N3O5S2. The topological polar surface area (TPSA) is 93.0 Å². The molecule has 5 rings (SSSR count). The van der Waals surface area contributed by atoms with E-state index in [0.717, 1.165) is 35.9 Å². The Morgan fingerprint density at radius 1 is 1.08 bits per heavy atom. The van der Waals surface area contributed by atoms with Gasteiger partial charge in [-0.2, -0.15) is 4.31 Å². The number of hydrogen-bond acceptors (Lipinski definition) is 7. The number of nitrogens with zero attached hydrogens (tertiary/aromatic N) is 3. The molecule has 1 aliphatic heterocycles. The number of aromatic nitrogens is 1. The Labute approximate surface area is 214 Å². The third kappa shape index (κ3) is 5.02. The van der Waals surface area contributed by atoms with Gasteiger partial charge in [-0.05, 0) is 67.4 Å². The first-order valence-corrected chi connectivity index (χ1v) is 14.1. The van der Waals surface area contributed by atoms with Crippen LogP contribution in [0.2, 0.25) is 0 Å². The third-order valence-electron chi connectivity index (χ3n) is 6.26. The highest BCUT2D eigenvalue weighted by atomic mass is 32.2. The van der Waals surface area contributed by atoms with E-state index in [1.165, 1.54) is 23.5 Å². The molecule has 188 valence electrons. The summed E-state index contributed by atoms with van der Waals surface area (Å²) in [6.07, 6.45) is 5.38. The van der Waals surface area contributed by atoms with Gasteiger partial charge >= 0.3 is 0 Å². The number of thiazole rings is 1. The second-order valence-electron chi connectivity index (χ2n) is 8.64. The van der Waals surface area contributed by atoms with Crippen LogP contribution in [0.25, 0.3) is 10.2 Å². The zero-order valence-electron chi connectivity index (χ0n) is 19.9. The molecule has 0 atom stereocenters. The van der Waals surface area contributed by atoms with Crippen molar-refractivity contribution < 1.29 is 22.4 Å². The molecular weight excluding hydrogens is 498 g/mol. The van der Waals surface area contributed by atoms with Crippen molar-refractivity contribution in [3.8, 4) is 5.75 Å². The van der Waals surface area contributed by atoms with E-state index in [4.69, 9.17) is 9.15 Å². The maximum atomic E-state index is 13.6. The Bertz CT molecular complexity index is 1440. The minimum atomic E-state index is -3.59. The van der Waals surface area contributed by atoms with Crippen LogP contribution < -0.4 is 9.64 Å². The van der Waals surface area contributed by atoms with Crippen molar-refractivity contribution >= 4 is 42.6 Å². The maximum absolute atomic E-state index is 13.6. The first kappa shape index (κ1) is 24.5. The standard InChI is InChI=1S/C26H27N3O5S2/c1-33-20-10-13-23-24(17-20)35-26(27-23)29(18-21-7-6-16-34-21)25(30)19-8-11-22(12-9-19)36(31,32)28-14-4-2-3-5-15-28/h6-13,16-17H,2-5,14-15,18H2,1H3. The number of hydrogen-bond donors (Lipinski definition) is 0. The molecule has 4 aromatic rings. The predicted molar refractivity (Wildman–Crippen MR) is 139 cm³/mol. The van der Waals surface area contributed by atoms with Crippen molar-refractivity contribution in [3.63, 3.8) is 0 Å². The number of amides is 1. The van der Waals surface area contributed by atoms with Crippen molar-refractivity contribution in [3.05, 3.63) is 72.2 Å². The molecule has 36 heavy (non-hydrogen) atoms. The van der Waals surface area contributed by atoms with Crippen LogP contribution in [0.1, 0.15) is 41.8 Å². The van der Waals surface area contributed by atoms with Gasteiger partial charge in [0.2, 0.25) is 10.0 Å². The fourth-order valence-corrected chi connectivity index (χ4v) is 6.79. The molecule has 10 heteroatoms. The van der Waals surface area contributed by atoms with Crippen molar-refractivity contribution in [2.75, 3.05) is 25.1 Å². The number of carbonyl (C=O) groups is 1. The highest BCUT2D eigenvalue weighted by Gasteiger charge is 2.27. The Hall–Kier alpha value is -3.21. The van der Waals surface area contributed by atoms with Crippen LogP contribution in [0.4, 0.5) is 5.13 Å². The first-order chi connectivity index (χ1) is 17.5. The van der Waals surface area contributed by atoms with Gasteiger partial charge < -0.3 is 9.15 Å². The van der Waals surface area contributed by atoms with E-state index in [1.54, 1.807) is 46.8 Å². The van der Waals surface area contributed by atoms with Gasteiger partial charge in [-0.25, -0.2) is 13.4 Å². The number of sulfonamides is 1. The normalized spacial score (nSPS) is 15.0. The molecule has 0 unspecified atom stereocenters. The lowest BCUT2D eigenvalue weighted by Crippen LogP contribution is -2.32. The van der Waals surface area contributed by atoms with Gasteiger partial charge in [-0.15, -0.1) is 0 Å². The lowest BCUT2D eigenvalue weighted by Gasteiger charge is -2.21. The number of anilines is 1. The van der Waals surface area contributed by atoms with Crippen LogP contribution in [0.5, 0.6) is 5.75 Å². The Balaban J connectivity index is 1.45. The molecule has 1 aliphatic rings. The number of benzene rings is 2. The highest BCUT2D eigenvalue weighted by molar-refractivity contribution is 7.89. The van der Waals surface area contributed by atoms with E-state index in [2.05, 4.69) is 4.98 Å². The monoisotopic (exact) mass is 525 g/mol. The number of fused-ring (bicyclic) bond motifs is 1. The molecule has 0 N–H and O–H groups in total. The van der Waals surface area contributed by atoms with E-state index in [1.807, 2.05) is 18.2 Å². The van der Waals surface area contributed by atoms with E-state index in [0.29, 0.717) is 35.3 Å². The summed E-state index contributed by atoms with van der Waals surface area (Å²) in [5, 5.41) is 0.515. The number of carbonyl (C=O) groups excluding carboxylic acids is 1. The summed E-state index contributed by atoms with van der Waals surface area (Å²) in [4.78, 5) is 20.1. The summed E-state index contributed by atoms with van der Waals surface area (Å²) in [5.74, 6) is 1.03. The van der Waals surface area contributed by atoms with E-state index in [-0.39, 0.29) is 17.3 Å².